The summed E-state index contributed by atoms with van der Waals surface area (Å²) in [7, 11) is 0. The zero-order valence-corrected chi connectivity index (χ0v) is 26.8. The quantitative estimate of drug-likeness (QED) is 0.158. The van der Waals surface area contributed by atoms with Crippen LogP contribution in [0.1, 0.15) is 41.5 Å². The van der Waals surface area contributed by atoms with Crippen molar-refractivity contribution in [2.45, 2.75) is 89.4 Å². The van der Waals surface area contributed by atoms with Crippen LogP contribution < -0.4 is 0 Å². The summed E-state index contributed by atoms with van der Waals surface area (Å²) in [5, 5.41) is 22.3. The van der Waals surface area contributed by atoms with Gasteiger partial charge in [-0.2, -0.15) is 0 Å². The lowest BCUT2D eigenvalue weighted by Crippen LogP contribution is -2.76. The molecule has 3 fully saturated rings. The fraction of sp³-hybridized carbons (Fsp3) is 0.667. The summed E-state index contributed by atoms with van der Waals surface area (Å²) in [5.41, 5.74) is -5.79. The number of allylic oxidation sites excluding steroid dienone is 2. The first-order valence-electron chi connectivity index (χ1n) is 14.5. The van der Waals surface area contributed by atoms with Crippen LogP contribution in [0.15, 0.2) is 23.8 Å². The van der Waals surface area contributed by atoms with Crippen LogP contribution >= 0.6 is 11.6 Å². The van der Waals surface area contributed by atoms with E-state index in [1.807, 2.05) is 0 Å². The largest absolute Gasteiger partial charge is 0.459 e. The molecule has 2 N–H and O–H groups in total. The third-order valence-electron chi connectivity index (χ3n) is 9.06. The zero-order valence-electron chi connectivity index (χ0n) is 26.1. The lowest BCUT2D eigenvalue weighted by Gasteiger charge is -2.59. The van der Waals surface area contributed by atoms with Gasteiger partial charge < -0.3 is 43.4 Å². The van der Waals surface area contributed by atoms with Crippen molar-refractivity contribution in [3.8, 4) is 0 Å². The van der Waals surface area contributed by atoms with Crippen molar-refractivity contribution in [1.82, 2.24) is 0 Å². The van der Waals surface area contributed by atoms with Crippen LogP contribution in [0.3, 0.4) is 0 Å². The molecular formula is C30H37ClO15. The topological polar surface area (TPSA) is 211 Å². The Kier molecular flexibility index (Phi) is 9.93. The number of alkyl halides is 1. The molecule has 4 rings (SSSR count). The first-order valence-corrected chi connectivity index (χ1v) is 15.0. The highest BCUT2D eigenvalue weighted by Crippen LogP contribution is 2.63. The highest BCUT2D eigenvalue weighted by atomic mass is 35.5. The summed E-state index contributed by atoms with van der Waals surface area (Å²) in [4.78, 5) is 76.4. The minimum Gasteiger partial charge on any atom is -0.459 e. The molecule has 0 unspecified atom stereocenters. The fourth-order valence-electron chi connectivity index (χ4n) is 7.10. The number of carbonyl (C=O) groups is 6. The molecule has 15 nitrogen and oxygen atoms in total. The van der Waals surface area contributed by atoms with Gasteiger partial charge in [0.25, 0.3) is 0 Å². The second-order valence-corrected chi connectivity index (χ2v) is 12.3. The van der Waals surface area contributed by atoms with Crippen LogP contribution in [0.4, 0.5) is 0 Å². The molecular weight excluding hydrogens is 636 g/mol. The molecule has 0 aromatic carbocycles. The van der Waals surface area contributed by atoms with E-state index in [1.54, 1.807) is 0 Å². The van der Waals surface area contributed by atoms with Gasteiger partial charge in [-0.3, -0.25) is 24.0 Å². The van der Waals surface area contributed by atoms with E-state index >= 15 is 0 Å². The molecule has 4 aliphatic rings. The average Bonchev–Trinajstić information content (AvgIpc) is 3.72. The van der Waals surface area contributed by atoms with Gasteiger partial charge in [0.05, 0.1) is 17.9 Å². The van der Waals surface area contributed by atoms with Gasteiger partial charge >= 0.3 is 35.8 Å². The molecule has 1 saturated carbocycles. The molecule has 254 valence electrons. The van der Waals surface area contributed by atoms with Gasteiger partial charge in [0.15, 0.2) is 30.0 Å². The predicted octanol–water partition coefficient (Wildman–Crippen LogP) is 0.0500. The van der Waals surface area contributed by atoms with E-state index in [1.165, 1.54) is 32.1 Å². The van der Waals surface area contributed by atoms with Gasteiger partial charge in [0.2, 0.25) is 0 Å². The number of esters is 6. The molecule has 0 aromatic rings. The van der Waals surface area contributed by atoms with E-state index in [0.717, 1.165) is 27.7 Å². The Labute approximate surface area is 269 Å². The van der Waals surface area contributed by atoms with Crippen molar-refractivity contribution in [3.63, 3.8) is 0 Å². The van der Waals surface area contributed by atoms with Crippen LogP contribution in [-0.2, 0) is 61.9 Å². The minimum atomic E-state index is -2.38. The third kappa shape index (κ3) is 6.00. The second kappa shape index (κ2) is 12.9. The number of epoxide rings is 1. The molecule has 1 spiro atoms. The molecule has 0 bridgehead atoms. The number of carbonyl (C=O) groups excluding carboxylic acids is 6. The van der Waals surface area contributed by atoms with Crippen molar-refractivity contribution in [2.75, 3.05) is 19.1 Å². The van der Waals surface area contributed by atoms with Crippen molar-refractivity contribution < 1.29 is 72.1 Å². The monoisotopic (exact) mass is 672 g/mol. The Balaban J connectivity index is 2.17. The standard InChI is InChI=1S/C30H37ClO15/c1-13-27(38)46-20-9-18(10-31)7-8-19(45-21(37)11-32)28(6)23(26(30(13,20)39)44-17(5)36)29(12-40-29)25(43-16(4)35)22(41-14(2)33)24(28)42-15(3)34/h7-9,13,19-20,22-26,32,39H,10-12H2,1-6H3/b8-7-,18-9+/t13-,19+,20-,22+,23+,24-,25+,26-,28+,29-,30-/m0/s1. The van der Waals surface area contributed by atoms with E-state index in [-0.39, 0.29) is 18.1 Å². The van der Waals surface area contributed by atoms with E-state index in [0.29, 0.717) is 0 Å². The van der Waals surface area contributed by atoms with Gasteiger partial charge in [0.1, 0.15) is 24.4 Å². The first kappa shape index (κ1) is 35.3. The van der Waals surface area contributed by atoms with E-state index in [2.05, 4.69) is 0 Å². The Morgan fingerprint density at radius 2 is 1.48 bits per heavy atom. The number of aliphatic hydroxyl groups is 2. The molecule has 0 radical (unpaired) electrons. The molecule has 16 heteroatoms. The Bertz CT molecular complexity index is 1350. The van der Waals surface area contributed by atoms with Crippen molar-refractivity contribution in [3.05, 3.63) is 23.8 Å². The molecule has 2 heterocycles. The fourth-order valence-corrected chi connectivity index (χ4v) is 7.27. The van der Waals surface area contributed by atoms with E-state index < -0.39 is 107 Å². The van der Waals surface area contributed by atoms with Crippen LogP contribution in [0.2, 0.25) is 0 Å². The first-order chi connectivity index (χ1) is 21.5. The molecule has 46 heavy (non-hydrogen) atoms. The Morgan fingerprint density at radius 1 is 0.935 bits per heavy atom. The second-order valence-electron chi connectivity index (χ2n) is 12.0. The number of halogens is 1. The number of hydrogen-bond acceptors (Lipinski definition) is 15. The number of hydrogen-bond donors (Lipinski definition) is 2. The average molecular weight is 673 g/mol. The van der Waals surface area contributed by atoms with Gasteiger partial charge in [0, 0.05) is 39.5 Å². The van der Waals surface area contributed by atoms with Gasteiger partial charge in [-0.25, -0.2) is 4.79 Å². The molecule has 2 aliphatic heterocycles. The van der Waals surface area contributed by atoms with Crippen molar-refractivity contribution in [1.29, 1.82) is 0 Å². The van der Waals surface area contributed by atoms with Crippen molar-refractivity contribution in [2.24, 2.45) is 17.3 Å². The number of aliphatic hydroxyl groups excluding tert-OH is 1. The SMILES string of the molecule is CC(=O)O[C@H]1[C@@H](OC(C)=O)[C@]2(CO2)[C@@H]2[C@H](OC(C)=O)[C@@]3(O)[C@H](/C=C(CCl)\C=C/[C@@H](OC(=O)CO)[C@@]2(C)[C@H]1OC(C)=O)OC(=O)[C@@H]3C. The van der Waals surface area contributed by atoms with Gasteiger partial charge in [-0.05, 0) is 24.6 Å². The summed E-state index contributed by atoms with van der Waals surface area (Å²) >= 11 is 6.21. The smallest absolute Gasteiger partial charge is 0.332 e. The highest BCUT2D eigenvalue weighted by Gasteiger charge is 2.81. The number of ether oxygens (including phenoxy) is 7. The Morgan fingerprint density at radius 3 is 1.98 bits per heavy atom. The van der Waals surface area contributed by atoms with Crippen LogP contribution in [-0.4, -0.2) is 113 Å². The third-order valence-corrected chi connectivity index (χ3v) is 9.37. The van der Waals surface area contributed by atoms with Gasteiger partial charge in [-0.1, -0.05) is 13.0 Å². The van der Waals surface area contributed by atoms with Gasteiger partial charge in [-0.15, -0.1) is 11.6 Å². The molecule has 2 aliphatic carbocycles. The van der Waals surface area contributed by atoms with Crippen LogP contribution in [0.25, 0.3) is 0 Å². The summed E-state index contributed by atoms with van der Waals surface area (Å²) in [6.45, 7) is 5.73. The molecule has 11 atom stereocenters. The number of fused-ring (bicyclic) bond motifs is 3. The normalized spacial score (nSPS) is 41.3. The zero-order chi connectivity index (χ0) is 34.4. The maximum absolute atomic E-state index is 13.1. The lowest BCUT2D eigenvalue weighted by molar-refractivity contribution is -0.279. The molecule has 2 saturated heterocycles. The highest BCUT2D eigenvalue weighted by molar-refractivity contribution is 6.19. The maximum Gasteiger partial charge on any atom is 0.332 e. The summed E-state index contributed by atoms with van der Waals surface area (Å²) in [5.74, 6) is -8.56. The number of rotatable bonds is 7. The van der Waals surface area contributed by atoms with E-state index in [9.17, 15) is 39.0 Å². The maximum atomic E-state index is 13.1. The Hall–Kier alpha value is -3.53. The summed E-state index contributed by atoms with van der Waals surface area (Å²) < 4.78 is 40.3. The molecule has 0 amide bonds. The molecule has 0 aromatic heterocycles. The van der Waals surface area contributed by atoms with Crippen LogP contribution in [0, 0.1) is 17.3 Å². The van der Waals surface area contributed by atoms with Crippen LogP contribution in [0.5, 0.6) is 0 Å². The van der Waals surface area contributed by atoms with E-state index in [4.69, 9.17) is 44.8 Å². The summed E-state index contributed by atoms with van der Waals surface area (Å²) in [6.07, 6.45) is -5.48. The summed E-state index contributed by atoms with van der Waals surface area (Å²) in [6, 6.07) is 0. The minimum absolute atomic E-state index is 0.195. The lowest BCUT2D eigenvalue weighted by atomic mass is 9.51. The van der Waals surface area contributed by atoms with Crippen molar-refractivity contribution >= 4 is 47.4 Å². The predicted molar refractivity (Wildman–Crippen MR) is 151 cm³/mol.